The van der Waals surface area contributed by atoms with E-state index in [1.165, 1.54) is 23.9 Å². The van der Waals surface area contributed by atoms with Crippen LogP contribution in [0.3, 0.4) is 0 Å². The highest BCUT2D eigenvalue weighted by molar-refractivity contribution is 7.98. The zero-order chi connectivity index (χ0) is 16.9. The smallest absolute Gasteiger partial charge is 0.270 e. The summed E-state index contributed by atoms with van der Waals surface area (Å²) in [6.07, 6.45) is 3.47. The summed E-state index contributed by atoms with van der Waals surface area (Å²) >= 11 is 1.47. The molecular formula is C18H16FN3OS. The summed E-state index contributed by atoms with van der Waals surface area (Å²) in [6, 6.07) is 15.8. The quantitative estimate of drug-likeness (QED) is 0.721. The molecule has 4 nitrogen and oxygen atoms in total. The van der Waals surface area contributed by atoms with E-state index in [1.54, 1.807) is 18.3 Å². The van der Waals surface area contributed by atoms with Gasteiger partial charge in [-0.2, -0.15) is 0 Å². The van der Waals surface area contributed by atoms with Crippen molar-refractivity contribution in [2.45, 2.75) is 11.7 Å². The lowest BCUT2D eigenvalue weighted by atomic mass is 10.2. The van der Waals surface area contributed by atoms with E-state index in [1.807, 2.05) is 41.2 Å². The van der Waals surface area contributed by atoms with Gasteiger partial charge < -0.3 is 5.32 Å². The first kappa shape index (κ1) is 16.3. The highest BCUT2D eigenvalue weighted by atomic mass is 32.2. The molecule has 1 N–H and O–H groups in total. The molecule has 122 valence electrons. The Morgan fingerprint density at radius 3 is 2.71 bits per heavy atom. The summed E-state index contributed by atoms with van der Waals surface area (Å²) in [7, 11) is 0. The van der Waals surface area contributed by atoms with E-state index < -0.39 is 0 Å². The highest BCUT2D eigenvalue weighted by Crippen LogP contribution is 2.21. The first-order valence-corrected chi connectivity index (χ1v) is 8.61. The maximum absolute atomic E-state index is 13.2. The van der Waals surface area contributed by atoms with Crippen molar-refractivity contribution < 1.29 is 9.18 Å². The van der Waals surface area contributed by atoms with Crippen molar-refractivity contribution in [3.05, 3.63) is 77.9 Å². The number of nitrogens with one attached hydrogen (secondary N) is 1. The number of hydrogen-bond acceptors (Lipinski definition) is 3. The number of para-hydroxylation sites is 1. The molecule has 2 aromatic carbocycles. The van der Waals surface area contributed by atoms with Crippen LogP contribution in [-0.4, -0.2) is 21.7 Å². The van der Waals surface area contributed by atoms with Crippen molar-refractivity contribution >= 4 is 17.7 Å². The molecule has 24 heavy (non-hydrogen) atoms. The Hall–Kier alpha value is -2.60. The Labute approximate surface area is 143 Å². The molecule has 1 heterocycles. The molecule has 0 bridgehead atoms. The van der Waals surface area contributed by atoms with Gasteiger partial charge in [0, 0.05) is 12.2 Å². The molecule has 3 rings (SSSR count). The van der Waals surface area contributed by atoms with E-state index in [-0.39, 0.29) is 18.3 Å². The average Bonchev–Trinajstić information content (AvgIpc) is 3.04. The summed E-state index contributed by atoms with van der Waals surface area (Å²) in [4.78, 5) is 16.9. The summed E-state index contributed by atoms with van der Waals surface area (Å²) in [5, 5.41) is 3.55. The van der Waals surface area contributed by atoms with E-state index in [0.717, 1.165) is 10.8 Å². The molecular weight excluding hydrogens is 325 g/mol. The maximum Gasteiger partial charge on any atom is 0.270 e. The largest absolute Gasteiger partial charge is 0.347 e. The highest BCUT2D eigenvalue weighted by Gasteiger charge is 2.17. The van der Waals surface area contributed by atoms with E-state index >= 15 is 0 Å². The van der Waals surface area contributed by atoms with Crippen LogP contribution in [0.15, 0.2) is 66.0 Å². The molecule has 6 heteroatoms. The molecule has 0 aliphatic heterocycles. The predicted octanol–water partition coefficient (Wildman–Crippen LogP) is 3.66. The third kappa shape index (κ3) is 3.49. The van der Waals surface area contributed by atoms with E-state index in [4.69, 9.17) is 0 Å². The molecule has 0 fully saturated rings. The molecule has 0 atom stereocenters. The standard InChI is InChI=1S/C18H16FN3OS/c1-24-18-21-12-16(22(18)15-8-3-2-4-9-15)17(23)20-11-13-6-5-7-14(19)10-13/h2-10,12H,11H2,1H3,(H,20,23). The number of nitrogens with zero attached hydrogens (tertiary/aromatic N) is 2. The van der Waals surface area contributed by atoms with Crippen molar-refractivity contribution in [1.29, 1.82) is 0 Å². The van der Waals surface area contributed by atoms with Crippen molar-refractivity contribution in [2.24, 2.45) is 0 Å². The van der Waals surface area contributed by atoms with E-state index in [2.05, 4.69) is 10.3 Å². The van der Waals surface area contributed by atoms with E-state index in [0.29, 0.717) is 11.3 Å². The molecule has 0 radical (unpaired) electrons. The van der Waals surface area contributed by atoms with Gasteiger partial charge >= 0.3 is 0 Å². The lowest BCUT2D eigenvalue weighted by molar-refractivity contribution is 0.0943. The first-order chi connectivity index (χ1) is 11.7. The summed E-state index contributed by atoms with van der Waals surface area (Å²) in [6.45, 7) is 0.255. The number of halogens is 1. The van der Waals surface area contributed by atoms with Crippen molar-refractivity contribution in [3.63, 3.8) is 0 Å². The number of carbonyl (C=O) groups is 1. The van der Waals surface area contributed by atoms with Crippen LogP contribution in [0.5, 0.6) is 0 Å². The fourth-order valence-electron chi connectivity index (χ4n) is 2.39. The zero-order valence-electron chi connectivity index (χ0n) is 13.1. The predicted molar refractivity (Wildman–Crippen MR) is 92.9 cm³/mol. The van der Waals surface area contributed by atoms with Gasteiger partial charge in [0.15, 0.2) is 5.16 Å². The number of carbonyl (C=O) groups excluding carboxylic acids is 1. The number of rotatable bonds is 5. The van der Waals surface area contributed by atoms with E-state index in [9.17, 15) is 9.18 Å². The van der Waals surface area contributed by atoms with Gasteiger partial charge in [-0.05, 0) is 36.1 Å². The molecule has 1 aromatic heterocycles. The summed E-state index contributed by atoms with van der Waals surface area (Å²) in [5.41, 5.74) is 2.02. The Morgan fingerprint density at radius 1 is 1.21 bits per heavy atom. The molecule has 0 saturated heterocycles. The van der Waals surface area contributed by atoms with Gasteiger partial charge in [-0.25, -0.2) is 9.37 Å². The summed E-state index contributed by atoms with van der Waals surface area (Å²) < 4.78 is 15.0. The normalized spacial score (nSPS) is 10.6. The molecule has 3 aromatic rings. The topological polar surface area (TPSA) is 46.9 Å². The minimum absolute atomic E-state index is 0.254. The Balaban J connectivity index is 1.84. The molecule has 0 aliphatic rings. The molecule has 0 spiro atoms. The van der Waals surface area contributed by atoms with Gasteiger partial charge in [0.25, 0.3) is 5.91 Å². The van der Waals surface area contributed by atoms with Crippen molar-refractivity contribution in [1.82, 2.24) is 14.9 Å². The third-order valence-corrected chi connectivity index (χ3v) is 4.15. The fraction of sp³-hybridized carbons (Fsp3) is 0.111. The van der Waals surface area contributed by atoms with Crippen LogP contribution < -0.4 is 5.32 Å². The Kier molecular flexibility index (Phi) is 4.96. The van der Waals surface area contributed by atoms with Gasteiger partial charge in [0.1, 0.15) is 11.5 Å². The van der Waals surface area contributed by atoms with Crippen molar-refractivity contribution in [3.8, 4) is 5.69 Å². The Morgan fingerprint density at radius 2 is 2.00 bits per heavy atom. The number of amides is 1. The van der Waals surface area contributed by atoms with Crippen LogP contribution in [0, 0.1) is 5.82 Å². The van der Waals surface area contributed by atoms with Gasteiger partial charge in [-0.3, -0.25) is 9.36 Å². The zero-order valence-corrected chi connectivity index (χ0v) is 13.9. The van der Waals surface area contributed by atoms with Gasteiger partial charge in [0.05, 0.1) is 6.20 Å². The lowest BCUT2D eigenvalue weighted by Gasteiger charge is -2.11. The first-order valence-electron chi connectivity index (χ1n) is 7.39. The second-order valence-corrected chi connectivity index (χ2v) is 5.89. The number of hydrogen-bond donors (Lipinski definition) is 1. The number of thioether (sulfide) groups is 1. The van der Waals surface area contributed by atoms with Crippen LogP contribution >= 0.6 is 11.8 Å². The number of imidazole rings is 1. The summed E-state index contributed by atoms with van der Waals surface area (Å²) in [5.74, 6) is -0.573. The molecule has 0 saturated carbocycles. The molecule has 0 aliphatic carbocycles. The van der Waals surface area contributed by atoms with Gasteiger partial charge in [0.2, 0.25) is 0 Å². The monoisotopic (exact) mass is 341 g/mol. The second-order valence-electron chi connectivity index (χ2n) is 5.11. The minimum atomic E-state index is -0.319. The Bertz CT molecular complexity index is 848. The van der Waals surface area contributed by atoms with Crippen LogP contribution in [0.1, 0.15) is 16.1 Å². The third-order valence-electron chi connectivity index (χ3n) is 3.50. The SMILES string of the molecule is CSc1ncc(C(=O)NCc2cccc(F)c2)n1-c1ccccc1. The van der Waals surface area contributed by atoms with Gasteiger partial charge in [-0.15, -0.1) is 0 Å². The lowest BCUT2D eigenvalue weighted by Crippen LogP contribution is -2.25. The van der Waals surface area contributed by atoms with Crippen LogP contribution in [0.4, 0.5) is 4.39 Å². The molecule has 0 unspecified atom stereocenters. The second kappa shape index (κ2) is 7.31. The van der Waals surface area contributed by atoms with Crippen LogP contribution in [0.25, 0.3) is 5.69 Å². The molecule has 1 amide bonds. The minimum Gasteiger partial charge on any atom is -0.347 e. The number of benzene rings is 2. The average molecular weight is 341 g/mol. The van der Waals surface area contributed by atoms with Crippen LogP contribution in [-0.2, 0) is 6.54 Å². The van der Waals surface area contributed by atoms with Crippen LogP contribution in [0.2, 0.25) is 0 Å². The maximum atomic E-state index is 13.2. The fourth-order valence-corrected chi connectivity index (χ4v) is 2.93. The van der Waals surface area contributed by atoms with Crippen molar-refractivity contribution in [2.75, 3.05) is 6.26 Å². The number of aromatic nitrogens is 2. The van der Waals surface area contributed by atoms with Gasteiger partial charge in [-0.1, -0.05) is 42.1 Å².